The summed E-state index contributed by atoms with van der Waals surface area (Å²) in [5.74, 6) is 0.774. The van der Waals surface area contributed by atoms with Gasteiger partial charge >= 0.3 is 0 Å². The number of allylic oxidation sites excluding steroid dienone is 2. The average molecular weight is 543 g/mol. The maximum absolute atomic E-state index is 13.2. The van der Waals surface area contributed by atoms with Gasteiger partial charge in [-0.1, -0.05) is 12.2 Å². The smallest absolute Gasteiger partial charge is 0.253 e. The van der Waals surface area contributed by atoms with Crippen LogP contribution in [0.2, 0.25) is 0 Å². The number of aliphatic imine (C=N–C) groups is 1. The first-order valence-electron chi connectivity index (χ1n) is 14.0. The summed E-state index contributed by atoms with van der Waals surface area (Å²) in [7, 11) is -1.66. The van der Waals surface area contributed by atoms with Crippen LogP contribution in [0.5, 0.6) is 0 Å². The largest absolute Gasteiger partial charge is 0.315 e. The van der Waals surface area contributed by atoms with Gasteiger partial charge in [-0.25, -0.2) is 12.7 Å². The first-order chi connectivity index (χ1) is 18.1. The molecule has 5 heterocycles. The van der Waals surface area contributed by atoms with Crippen LogP contribution < -0.4 is 10.2 Å². The number of amidine groups is 1. The predicted molar refractivity (Wildman–Crippen MR) is 152 cm³/mol. The zero-order valence-electron chi connectivity index (χ0n) is 23.1. The van der Waals surface area contributed by atoms with E-state index in [4.69, 9.17) is 4.99 Å². The van der Waals surface area contributed by atoms with Crippen LogP contribution in [-0.2, 0) is 26.0 Å². The fraction of sp³-hybridized carbons (Fsp3) is 0.621. The number of carbonyl (C=O) groups excluding carboxylic acids is 2. The number of amides is 2. The number of nitrogens with zero attached hydrogens (tertiary/aromatic N) is 3. The minimum atomic E-state index is -3.47. The molecule has 208 valence electrons. The van der Waals surface area contributed by atoms with Gasteiger partial charge in [-0.05, 0) is 100 Å². The van der Waals surface area contributed by atoms with Crippen molar-refractivity contribution < 1.29 is 18.0 Å². The monoisotopic (exact) mass is 542 g/mol. The van der Waals surface area contributed by atoms with Crippen molar-refractivity contribution in [3.63, 3.8) is 0 Å². The van der Waals surface area contributed by atoms with Crippen molar-refractivity contribution in [2.24, 2.45) is 4.99 Å². The summed E-state index contributed by atoms with van der Waals surface area (Å²) < 4.78 is 28.0. The van der Waals surface area contributed by atoms with Crippen LogP contribution >= 0.6 is 0 Å². The molecule has 38 heavy (non-hydrogen) atoms. The summed E-state index contributed by atoms with van der Waals surface area (Å²) in [6.45, 7) is 4.57. The van der Waals surface area contributed by atoms with Gasteiger partial charge in [-0.3, -0.25) is 14.6 Å². The number of piperidine rings is 1. The molecule has 6 rings (SSSR count). The predicted octanol–water partition coefficient (Wildman–Crippen LogP) is 4.19. The van der Waals surface area contributed by atoms with Crippen molar-refractivity contribution in [1.82, 2.24) is 9.62 Å². The van der Waals surface area contributed by atoms with Crippen LogP contribution in [-0.4, -0.2) is 61.8 Å². The number of rotatable bonds is 0. The Morgan fingerprint density at radius 1 is 0.895 bits per heavy atom. The van der Waals surface area contributed by atoms with Crippen molar-refractivity contribution in [2.75, 3.05) is 30.8 Å². The van der Waals surface area contributed by atoms with Crippen LogP contribution in [0.25, 0.3) is 0 Å². The summed E-state index contributed by atoms with van der Waals surface area (Å²) >= 11 is 0. The molecule has 1 aromatic rings. The zero-order valence-corrected chi connectivity index (χ0v) is 23.9. The first kappa shape index (κ1) is 28.5. The van der Waals surface area contributed by atoms with Gasteiger partial charge in [0.05, 0.1) is 5.75 Å². The highest BCUT2D eigenvalue weighted by Gasteiger charge is 2.47. The van der Waals surface area contributed by atoms with Crippen LogP contribution in [0.4, 0.5) is 5.69 Å². The molecule has 0 atom stereocenters. The SMILES string of the molecule is Cc1cc2cc(C)c1CCS(=O)(=O)N1CCC3(CC1)N=C(CCCCC=CCCCCC(=O)N2C)NC3=O. The molecule has 5 bridgehead atoms. The minimum Gasteiger partial charge on any atom is -0.315 e. The normalized spacial score (nSPS) is 27.5. The number of anilines is 1. The molecule has 1 aromatic carbocycles. The van der Waals surface area contributed by atoms with Gasteiger partial charge in [-0.15, -0.1) is 0 Å². The summed E-state index contributed by atoms with van der Waals surface area (Å²) in [6, 6.07) is 3.96. The molecule has 5 aliphatic rings. The quantitative estimate of drug-likeness (QED) is 0.497. The van der Waals surface area contributed by atoms with Gasteiger partial charge in [0.2, 0.25) is 15.9 Å². The maximum Gasteiger partial charge on any atom is 0.253 e. The number of sulfonamides is 1. The molecule has 2 amide bonds. The lowest BCUT2D eigenvalue weighted by atomic mass is 9.89. The first-order valence-corrected chi connectivity index (χ1v) is 15.6. The number of carbonyl (C=O) groups is 2. The fourth-order valence-corrected chi connectivity index (χ4v) is 7.19. The van der Waals surface area contributed by atoms with Crippen LogP contribution in [0, 0.1) is 13.8 Å². The van der Waals surface area contributed by atoms with Gasteiger partial charge < -0.3 is 10.2 Å². The second kappa shape index (κ2) is 12.1. The Kier molecular flexibility index (Phi) is 9.08. The highest BCUT2D eigenvalue weighted by atomic mass is 32.2. The van der Waals surface area contributed by atoms with Crippen LogP contribution in [0.3, 0.4) is 0 Å². The van der Waals surface area contributed by atoms with E-state index in [0.717, 1.165) is 73.2 Å². The van der Waals surface area contributed by atoms with Crippen molar-refractivity contribution in [3.8, 4) is 0 Å². The molecule has 0 aromatic heterocycles. The van der Waals surface area contributed by atoms with Gasteiger partial charge in [0.1, 0.15) is 11.4 Å². The highest BCUT2D eigenvalue weighted by Crippen LogP contribution is 2.32. The molecule has 1 saturated heterocycles. The fourth-order valence-electron chi connectivity index (χ4n) is 5.74. The topological polar surface area (TPSA) is 99.2 Å². The van der Waals surface area contributed by atoms with Crippen LogP contribution in [0.1, 0.15) is 80.9 Å². The molecule has 0 unspecified atom stereocenters. The van der Waals surface area contributed by atoms with Crippen molar-refractivity contribution in [3.05, 3.63) is 41.0 Å². The van der Waals surface area contributed by atoms with Crippen molar-refractivity contribution in [1.29, 1.82) is 0 Å². The molecular weight excluding hydrogens is 500 g/mol. The molecule has 1 fully saturated rings. The summed E-state index contributed by atoms with van der Waals surface area (Å²) in [5, 5.41) is 2.96. The standard InChI is InChI=1S/C29H42N4O4S/c1-22-20-24-21-23(2)25(22)14-19-38(36,37)33-17-15-29(16-18-33)28(35)30-26(31-29)12-10-8-6-4-5-7-9-11-13-27(34)32(24)3/h4-5,20-21H,6-19H2,1-3H3,(H,30,31,35). The zero-order chi connectivity index (χ0) is 27.3. The van der Waals surface area contributed by atoms with Crippen molar-refractivity contribution >= 4 is 33.4 Å². The van der Waals surface area contributed by atoms with E-state index < -0.39 is 15.6 Å². The third-order valence-corrected chi connectivity index (χ3v) is 10.1. The van der Waals surface area contributed by atoms with E-state index in [-0.39, 0.29) is 17.6 Å². The summed E-state index contributed by atoms with van der Waals surface area (Å²) in [5.41, 5.74) is 3.02. The number of fused-ring (bicyclic) bond motifs is 2. The third-order valence-electron chi connectivity index (χ3n) is 8.24. The number of aryl methyl sites for hydroxylation is 2. The van der Waals surface area contributed by atoms with E-state index in [1.807, 2.05) is 33.0 Å². The molecule has 5 aliphatic heterocycles. The second-order valence-electron chi connectivity index (χ2n) is 11.0. The van der Waals surface area contributed by atoms with E-state index >= 15 is 0 Å². The molecule has 0 saturated carbocycles. The molecular formula is C29H42N4O4S. The minimum absolute atomic E-state index is 0.0184. The summed E-state index contributed by atoms with van der Waals surface area (Å²) in [4.78, 5) is 32.1. The maximum atomic E-state index is 13.2. The van der Waals surface area contributed by atoms with E-state index in [9.17, 15) is 18.0 Å². The highest BCUT2D eigenvalue weighted by molar-refractivity contribution is 7.89. The van der Waals surface area contributed by atoms with Gasteiger partial charge in [0.25, 0.3) is 5.91 Å². The van der Waals surface area contributed by atoms with E-state index in [0.29, 0.717) is 38.8 Å². The molecule has 0 radical (unpaired) electrons. The number of hydrogen-bond donors (Lipinski definition) is 1. The Hall–Kier alpha value is -2.52. The molecule has 8 nitrogen and oxygen atoms in total. The van der Waals surface area contributed by atoms with E-state index in [1.54, 1.807) is 4.90 Å². The Morgan fingerprint density at radius 3 is 2.13 bits per heavy atom. The third kappa shape index (κ3) is 6.54. The van der Waals surface area contributed by atoms with Gasteiger partial charge in [0, 0.05) is 38.7 Å². The lowest BCUT2D eigenvalue weighted by Crippen LogP contribution is -2.50. The molecule has 0 aliphatic carbocycles. The van der Waals surface area contributed by atoms with Gasteiger partial charge in [-0.2, -0.15) is 0 Å². The number of hydrogen-bond acceptors (Lipinski definition) is 5. The van der Waals surface area contributed by atoms with Crippen molar-refractivity contribution in [2.45, 2.75) is 90.0 Å². The Balaban J connectivity index is 1.51. The Morgan fingerprint density at radius 2 is 1.50 bits per heavy atom. The van der Waals surface area contributed by atoms with E-state index in [1.165, 1.54) is 4.31 Å². The Bertz CT molecular complexity index is 1190. The number of benzene rings is 1. The molecule has 9 heteroatoms. The molecule has 1 spiro atoms. The Labute approximate surface area is 227 Å². The average Bonchev–Trinajstić information content (AvgIpc) is 3.17. The summed E-state index contributed by atoms with van der Waals surface area (Å²) in [6.07, 6.45) is 12.6. The lowest BCUT2D eigenvalue weighted by molar-refractivity contribution is -0.125. The van der Waals surface area contributed by atoms with Crippen LogP contribution in [0.15, 0.2) is 29.3 Å². The van der Waals surface area contributed by atoms with Gasteiger partial charge in [0.15, 0.2) is 0 Å². The lowest BCUT2D eigenvalue weighted by Gasteiger charge is -2.34. The number of nitrogens with one attached hydrogen (secondary N) is 1. The molecule has 1 N–H and O–H groups in total. The second-order valence-corrected chi connectivity index (χ2v) is 13.1. The van der Waals surface area contributed by atoms with E-state index in [2.05, 4.69) is 17.5 Å².